The Bertz CT molecular complexity index is 2020. The topological polar surface area (TPSA) is 182 Å². The molecular formula is C32H31N5O10. The standard InChI is InChI=1S/C32H31N5O10/c1-35(10-11-44-29(40)4-3-8-36-27(38)5-6-28(36)39)32(42)47-26-13-19-18(12-23(26)43-2)21-16-34-22-15-25-24(45-17-46-25)14-20(22)30(21)37(9-7-33)31(19)41/h5-6,12-16H,3-4,7-11,17,33H2,1-2H3. The predicted octanol–water partition coefficient (Wildman–Crippen LogP) is 2.08. The summed E-state index contributed by atoms with van der Waals surface area (Å²) in [6.07, 6.45) is 3.49. The van der Waals surface area contributed by atoms with E-state index in [1.807, 2.05) is 0 Å². The maximum atomic E-state index is 13.9. The van der Waals surface area contributed by atoms with Crippen LogP contribution in [-0.2, 0) is 25.7 Å². The zero-order valence-electron chi connectivity index (χ0n) is 25.6. The number of nitrogens with two attached hydrogens (primary N) is 1. The number of benzene rings is 2. The van der Waals surface area contributed by atoms with Crippen molar-refractivity contribution in [1.29, 1.82) is 0 Å². The van der Waals surface area contributed by atoms with Crippen LogP contribution in [0, 0.1) is 0 Å². The van der Waals surface area contributed by atoms with E-state index >= 15 is 0 Å². The molecule has 2 aliphatic rings. The first-order valence-electron chi connectivity index (χ1n) is 14.8. The third-order valence-electron chi connectivity index (χ3n) is 7.89. The third kappa shape index (κ3) is 6.00. The van der Waals surface area contributed by atoms with Gasteiger partial charge in [-0.15, -0.1) is 0 Å². The summed E-state index contributed by atoms with van der Waals surface area (Å²) in [7, 11) is 2.88. The number of carbonyl (C=O) groups is 4. The van der Waals surface area contributed by atoms with Gasteiger partial charge in [0.25, 0.3) is 17.4 Å². The predicted molar refractivity (Wildman–Crippen MR) is 167 cm³/mol. The van der Waals surface area contributed by atoms with E-state index in [-0.39, 0.29) is 74.9 Å². The van der Waals surface area contributed by atoms with Crippen LogP contribution in [0.2, 0.25) is 0 Å². The van der Waals surface area contributed by atoms with E-state index in [4.69, 9.17) is 29.4 Å². The molecule has 3 amide bonds. The Morgan fingerprint density at radius 3 is 2.40 bits per heavy atom. The number of aromatic nitrogens is 2. The number of rotatable bonds is 11. The molecular weight excluding hydrogens is 614 g/mol. The molecule has 0 saturated carbocycles. The number of nitrogens with zero attached hydrogens (tertiary/aromatic N) is 4. The summed E-state index contributed by atoms with van der Waals surface area (Å²) in [5.74, 6) is -0.0354. The van der Waals surface area contributed by atoms with Gasteiger partial charge in [0.1, 0.15) is 6.61 Å². The molecule has 2 N–H and O–H groups in total. The molecule has 0 radical (unpaired) electrons. The molecule has 0 saturated heterocycles. The number of imide groups is 1. The fraction of sp³-hybridized carbons (Fsp3) is 0.312. The van der Waals surface area contributed by atoms with Crippen molar-refractivity contribution in [3.63, 3.8) is 0 Å². The largest absolute Gasteiger partial charge is 0.493 e. The average Bonchev–Trinajstić information content (AvgIpc) is 3.66. The van der Waals surface area contributed by atoms with Crippen LogP contribution in [0.5, 0.6) is 23.0 Å². The lowest BCUT2D eigenvalue weighted by Crippen LogP contribution is -2.33. The van der Waals surface area contributed by atoms with Crippen LogP contribution in [0.15, 0.2) is 47.4 Å². The number of amides is 3. The summed E-state index contributed by atoms with van der Waals surface area (Å²) in [6.45, 7) is 0.501. The van der Waals surface area contributed by atoms with E-state index in [2.05, 4.69) is 4.98 Å². The molecule has 2 aromatic heterocycles. The van der Waals surface area contributed by atoms with Crippen LogP contribution in [0.3, 0.4) is 0 Å². The van der Waals surface area contributed by atoms with Gasteiger partial charge in [-0.25, -0.2) is 4.79 Å². The number of likely N-dealkylation sites (N-methyl/N-ethyl adjacent to an activating group) is 1. The number of esters is 1. The van der Waals surface area contributed by atoms with Crippen LogP contribution in [0.25, 0.3) is 32.6 Å². The molecule has 0 bridgehead atoms. The lowest BCUT2D eigenvalue weighted by atomic mass is 10.0. The number of carbonyl (C=O) groups excluding carboxylic acids is 4. The van der Waals surface area contributed by atoms with Crippen molar-refractivity contribution >= 4 is 56.5 Å². The second-order valence-electron chi connectivity index (χ2n) is 10.8. The van der Waals surface area contributed by atoms with Crippen molar-refractivity contribution in [2.75, 3.05) is 47.2 Å². The Kier molecular flexibility index (Phi) is 8.63. The fourth-order valence-corrected chi connectivity index (χ4v) is 5.51. The molecule has 2 aromatic carbocycles. The summed E-state index contributed by atoms with van der Waals surface area (Å²) < 4.78 is 29.0. The highest BCUT2D eigenvalue weighted by molar-refractivity contribution is 6.15. The first kappa shape index (κ1) is 31.3. The highest BCUT2D eigenvalue weighted by atomic mass is 16.7. The van der Waals surface area contributed by atoms with E-state index in [0.29, 0.717) is 38.7 Å². The van der Waals surface area contributed by atoms with Gasteiger partial charge in [0.15, 0.2) is 23.0 Å². The van der Waals surface area contributed by atoms with E-state index in [1.54, 1.807) is 29.0 Å². The van der Waals surface area contributed by atoms with Gasteiger partial charge in [0, 0.05) is 73.7 Å². The number of methoxy groups -OCH3 is 1. The summed E-state index contributed by atoms with van der Waals surface area (Å²) >= 11 is 0. The maximum absolute atomic E-state index is 13.9. The van der Waals surface area contributed by atoms with Gasteiger partial charge in [-0.2, -0.15) is 0 Å². The van der Waals surface area contributed by atoms with E-state index in [9.17, 15) is 24.0 Å². The van der Waals surface area contributed by atoms with Crippen molar-refractivity contribution in [2.45, 2.75) is 19.4 Å². The van der Waals surface area contributed by atoms with Crippen LogP contribution >= 0.6 is 0 Å². The summed E-state index contributed by atoms with van der Waals surface area (Å²) in [5.41, 5.74) is 6.80. The van der Waals surface area contributed by atoms with Gasteiger partial charge in [0.05, 0.1) is 30.1 Å². The highest BCUT2D eigenvalue weighted by Crippen LogP contribution is 2.40. The number of hydrogen-bond acceptors (Lipinski definition) is 12. The molecule has 6 rings (SSSR count). The molecule has 15 heteroatoms. The quantitative estimate of drug-likeness (QED) is 0.143. The van der Waals surface area contributed by atoms with Crippen LogP contribution in [0.1, 0.15) is 12.8 Å². The Balaban J connectivity index is 1.19. The maximum Gasteiger partial charge on any atom is 0.415 e. The zero-order valence-corrected chi connectivity index (χ0v) is 25.6. The Morgan fingerprint density at radius 1 is 0.957 bits per heavy atom. The second kappa shape index (κ2) is 13.0. The number of ether oxygens (including phenoxy) is 5. The molecule has 15 nitrogen and oxygen atoms in total. The van der Waals surface area contributed by atoms with E-state index < -0.39 is 23.9 Å². The van der Waals surface area contributed by atoms with Crippen molar-refractivity contribution < 1.29 is 42.9 Å². The van der Waals surface area contributed by atoms with Crippen LogP contribution in [0.4, 0.5) is 4.79 Å². The SMILES string of the molecule is COc1cc2c(cc1OC(=O)N(C)CCOC(=O)CCCN1C(=O)C=CC1=O)c(=O)n(CCN)c1c3cc4c(cc3ncc21)OCO4. The van der Waals surface area contributed by atoms with Crippen LogP contribution < -0.4 is 30.2 Å². The molecule has 0 atom stereocenters. The molecule has 0 spiro atoms. The minimum atomic E-state index is -0.774. The minimum absolute atomic E-state index is 0.00835. The van der Waals surface area contributed by atoms with Crippen LogP contribution in [-0.4, -0.2) is 90.4 Å². The summed E-state index contributed by atoms with van der Waals surface area (Å²) in [6, 6.07) is 6.63. The van der Waals surface area contributed by atoms with Crippen molar-refractivity contribution in [2.24, 2.45) is 5.73 Å². The molecule has 244 valence electrons. The van der Waals surface area contributed by atoms with Gasteiger partial charge in [-0.05, 0) is 24.6 Å². The second-order valence-corrected chi connectivity index (χ2v) is 10.8. The fourth-order valence-electron chi connectivity index (χ4n) is 5.51. The lowest BCUT2D eigenvalue weighted by Gasteiger charge is -2.19. The lowest BCUT2D eigenvalue weighted by molar-refractivity contribution is -0.145. The van der Waals surface area contributed by atoms with E-state index in [0.717, 1.165) is 4.90 Å². The molecule has 0 aliphatic carbocycles. The smallest absolute Gasteiger partial charge is 0.415 e. The molecule has 4 aromatic rings. The van der Waals surface area contributed by atoms with Gasteiger partial charge in [-0.1, -0.05) is 0 Å². The van der Waals surface area contributed by atoms with Gasteiger partial charge in [0.2, 0.25) is 6.79 Å². The Hall–Kier alpha value is -5.70. The zero-order chi connectivity index (χ0) is 33.2. The Labute approximate surface area is 266 Å². The van der Waals surface area contributed by atoms with Crippen molar-refractivity contribution in [3.8, 4) is 23.0 Å². The van der Waals surface area contributed by atoms with Gasteiger partial charge < -0.3 is 38.9 Å². The van der Waals surface area contributed by atoms with Gasteiger partial charge >= 0.3 is 12.1 Å². The third-order valence-corrected chi connectivity index (χ3v) is 7.89. The summed E-state index contributed by atoms with van der Waals surface area (Å²) in [5, 5.41) is 2.15. The molecule has 0 unspecified atom stereocenters. The average molecular weight is 646 g/mol. The van der Waals surface area contributed by atoms with Gasteiger partial charge in [-0.3, -0.25) is 29.1 Å². The first-order valence-corrected chi connectivity index (χ1v) is 14.8. The molecule has 0 fully saturated rings. The highest BCUT2D eigenvalue weighted by Gasteiger charge is 2.24. The molecule has 4 heterocycles. The first-order chi connectivity index (χ1) is 22.7. The van der Waals surface area contributed by atoms with E-state index in [1.165, 1.54) is 37.3 Å². The minimum Gasteiger partial charge on any atom is -0.493 e. The van der Waals surface area contributed by atoms with Crippen molar-refractivity contribution in [3.05, 3.63) is 53.0 Å². The van der Waals surface area contributed by atoms with Crippen molar-refractivity contribution in [1.82, 2.24) is 19.4 Å². The molecule has 47 heavy (non-hydrogen) atoms. The normalized spacial score (nSPS) is 13.6. The number of fused-ring (bicyclic) bond motifs is 6. The number of hydrogen-bond donors (Lipinski definition) is 1. The molecule has 2 aliphatic heterocycles. The number of pyridine rings is 2. The summed E-state index contributed by atoms with van der Waals surface area (Å²) in [4.78, 5) is 69.1. The monoisotopic (exact) mass is 645 g/mol. The Morgan fingerprint density at radius 2 is 1.68 bits per heavy atom.